The molecule has 112 valence electrons. The Balaban J connectivity index is 2.02. The van der Waals surface area contributed by atoms with Gasteiger partial charge in [-0.1, -0.05) is 43.7 Å². The van der Waals surface area contributed by atoms with Crippen LogP contribution in [0.15, 0.2) is 30.3 Å². The van der Waals surface area contributed by atoms with E-state index in [2.05, 4.69) is 11.8 Å². The van der Waals surface area contributed by atoms with Gasteiger partial charge in [-0.2, -0.15) is 0 Å². The van der Waals surface area contributed by atoms with Gasteiger partial charge in [-0.05, 0) is 43.8 Å². The lowest BCUT2D eigenvalue weighted by Crippen LogP contribution is -2.46. The normalized spacial score (nSPS) is 24.1. The van der Waals surface area contributed by atoms with Crippen molar-refractivity contribution in [2.45, 2.75) is 38.2 Å². The summed E-state index contributed by atoms with van der Waals surface area (Å²) in [6, 6.07) is 9.84. The minimum atomic E-state index is -0.923. The summed E-state index contributed by atoms with van der Waals surface area (Å²) in [6.45, 7) is 5.34. The average Bonchev–Trinajstić information content (AvgIpc) is 2.73. The fourth-order valence-corrected chi connectivity index (χ4v) is 3.18. The lowest BCUT2D eigenvalue weighted by molar-refractivity contribution is 0.00741. The van der Waals surface area contributed by atoms with E-state index >= 15 is 0 Å². The molecule has 0 saturated carbocycles. The van der Waals surface area contributed by atoms with Crippen molar-refractivity contribution in [2.24, 2.45) is 11.7 Å². The summed E-state index contributed by atoms with van der Waals surface area (Å²) in [4.78, 5) is 2.38. The third kappa shape index (κ3) is 3.81. The third-order valence-corrected chi connectivity index (χ3v) is 4.65. The first-order chi connectivity index (χ1) is 9.68. The summed E-state index contributed by atoms with van der Waals surface area (Å²) in [6.07, 6.45) is 5.06. The van der Waals surface area contributed by atoms with Crippen molar-refractivity contribution in [1.82, 2.24) is 4.90 Å². The van der Waals surface area contributed by atoms with Gasteiger partial charge in [0.1, 0.15) is 5.60 Å². The molecule has 2 unspecified atom stereocenters. The molecule has 1 fully saturated rings. The Morgan fingerprint density at radius 2 is 2.00 bits per heavy atom. The van der Waals surface area contributed by atoms with Crippen molar-refractivity contribution < 1.29 is 5.11 Å². The van der Waals surface area contributed by atoms with Crippen LogP contribution in [0.5, 0.6) is 0 Å². The first-order valence-electron chi connectivity index (χ1n) is 7.88. The number of nitrogens with zero attached hydrogens (tertiary/aromatic N) is 1. The number of hydrogen-bond acceptors (Lipinski definition) is 3. The van der Waals surface area contributed by atoms with Crippen molar-refractivity contribution in [3.05, 3.63) is 35.9 Å². The van der Waals surface area contributed by atoms with Crippen LogP contribution in [-0.4, -0.2) is 36.2 Å². The zero-order chi connectivity index (χ0) is 14.4. The predicted octanol–water partition coefficient (Wildman–Crippen LogP) is 2.34. The molecule has 0 bridgehead atoms. The molecule has 0 radical (unpaired) electrons. The van der Waals surface area contributed by atoms with Crippen LogP contribution in [0, 0.1) is 5.92 Å². The summed E-state index contributed by atoms with van der Waals surface area (Å²) in [5, 5.41) is 10.9. The summed E-state index contributed by atoms with van der Waals surface area (Å²) >= 11 is 0. The Morgan fingerprint density at radius 3 is 2.65 bits per heavy atom. The van der Waals surface area contributed by atoms with Crippen LogP contribution in [0.2, 0.25) is 0 Å². The van der Waals surface area contributed by atoms with Crippen molar-refractivity contribution in [3.8, 4) is 0 Å². The topological polar surface area (TPSA) is 49.5 Å². The number of β-amino-alcohol motifs (C(OH)–C–C–N with tert-alkyl or cyclic N) is 1. The molecule has 2 atom stereocenters. The molecular weight excluding hydrogens is 248 g/mol. The van der Waals surface area contributed by atoms with Gasteiger partial charge in [-0.25, -0.2) is 0 Å². The molecule has 3 N–H and O–H groups in total. The zero-order valence-corrected chi connectivity index (χ0v) is 12.6. The van der Waals surface area contributed by atoms with Gasteiger partial charge in [0.25, 0.3) is 0 Å². The molecule has 1 heterocycles. The fourth-order valence-electron chi connectivity index (χ4n) is 3.18. The van der Waals surface area contributed by atoms with E-state index in [0.717, 1.165) is 24.6 Å². The Bertz CT molecular complexity index is 395. The van der Waals surface area contributed by atoms with Crippen molar-refractivity contribution in [1.29, 1.82) is 0 Å². The van der Waals surface area contributed by atoms with Crippen LogP contribution in [0.4, 0.5) is 0 Å². The van der Waals surface area contributed by atoms with Crippen LogP contribution < -0.4 is 5.73 Å². The number of hydrogen-bond donors (Lipinski definition) is 2. The van der Waals surface area contributed by atoms with Gasteiger partial charge in [-0.15, -0.1) is 0 Å². The SMILES string of the molecule is CCC1CCCN(CC(O)(CN)c2ccccc2)CC1. The van der Waals surface area contributed by atoms with E-state index in [4.69, 9.17) is 5.73 Å². The Labute approximate surface area is 122 Å². The van der Waals surface area contributed by atoms with Gasteiger partial charge in [0.15, 0.2) is 0 Å². The minimum absolute atomic E-state index is 0.269. The molecule has 1 aliphatic rings. The molecule has 0 amide bonds. The Kier molecular flexibility index (Phi) is 5.58. The molecule has 2 rings (SSSR count). The van der Waals surface area contributed by atoms with Crippen LogP contribution in [0.25, 0.3) is 0 Å². The molecule has 0 spiro atoms. The highest BCUT2D eigenvalue weighted by Gasteiger charge is 2.30. The number of nitrogens with two attached hydrogens (primary N) is 1. The standard InChI is InChI=1S/C17H28N2O/c1-2-15-7-6-11-19(12-10-15)14-17(20,13-18)16-8-4-3-5-9-16/h3-5,8-9,15,20H,2,6-7,10-14,18H2,1H3. The van der Waals surface area contributed by atoms with E-state index in [9.17, 15) is 5.11 Å². The van der Waals surface area contributed by atoms with Crippen LogP contribution in [0.1, 0.15) is 38.2 Å². The third-order valence-electron chi connectivity index (χ3n) is 4.65. The summed E-state index contributed by atoms with van der Waals surface area (Å²) in [7, 11) is 0. The van der Waals surface area contributed by atoms with Gasteiger partial charge >= 0.3 is 0 Å². The molecule has 3 nitrogen and oxygen atoms in total. The largest absolute Gasteiger partial charge is 0.382 e. The van der Waals surface area contributed by atoms with Gasteiger partial charge in [0.05, 0.1) is 0 Å². The molecule has 1 aromatic rings. The summed E-state index contributed by atoms with van der Waals surface area (Å²) in [5.41, 5.74) is 5.88. The maximum Gasteiger partial charge on any atom is 0.114 e. The van der Waals surface area contributed by atoms with Crippen LogP contribution in [0.3, 0.4) is 0 Å². The second-order valence-electron chi connectivity index (χ2n) is 6.08. The Morgan fingerprint density at radius 1 is 1.25 bits per heavy atom. The van der Waals surface area contributed by atoms with Gasteiger partial charge in [0.2, 0.25) is 0 Å². The van der Waals surface area contributed by atoms with Gasteiger partial charge < -0.3 is 15.7 Å². The van der Waals surface area contributed by atoms with Crippen LogP contribution in [-0.2, 0) is 5.60 Å². The maximum absolute atomic E-state index is 10.9. The first kappa shape index (κ1) is 15.5. The minimum Gasteiger partial charge on any atom is -0.382 e. The van der Waals surface area contributed by atoms with E-state index in [1.165, 1.54) is 25.7 Å². The molecule has 0 aromatic heterocycles. The summed E-state index contributed by atoms with van der Waals surface area (Å²) in [5.74, 6) is 0.850. The molecule has 1 aliphatic heterocycles. The molecule has 1 saturated heterocycles. The zero-order valence-electron chi connectivity index (χ0n) is 12.6. The molecule has 0 aliphatic carbocycles. The van der Waals surface area contributed by atoms with E-state index in [1.807, 2.05) is 30.3 Å². The van der Waals surface area contributed by atoms with E-state index in [-0.39, 0.29) is 6.54 Å². The van der Waals surface area contributed by atoms with Crippen molar-refractivity contribution >= 4 is 0 Å². The molecule has 20 heavy (non-hydrogen) atoms. The predicted molar refractivity (Wildman–Crippen MR) is 83.5 cm³/mol. The number of aliphatic hydroxyl groups is 1. The van der Waals surface area contributed by atoms with Gasteiger partial charge in [0, 0.05) is 13.1 Å². The first-order valence-corrected chi connectivity index (χ1v) is 7.88. The smallest absolute Gasteiger partial charge is 0.114 e. The molecule has 3 heteroatoms. The van der Waals surface area contributed by atoms with Crippen LogP contribution >= 0.6 is 0 Å². The molecule has 1 aromatic carbocycles. The summed E-state index contributed by atoms with van der Waals surface area (Å²) < 4.78 is 0. The quantitative estimate of drug-likeness (QED) is 0.868. The van der Waals surface area contributed by atoms with E-state index in [0.29, 0.717) is 6.54 Å². The highest BCUT2D eigenvalue weighted by atomic mass is 16.3. The number of likely N-dealkylation sites (tertiary alicyclic amines) is 1. The average molecular weight is 276 g/mol. The fraction of sp³-hybridized carbons (Fsp3) is 0.647. The van der Waals surface area contributed by atoms with E-state index in [1.54, 1.807) is 0 Å². The monoisotopic (exact) mass is 276 g/mol. The molecular formula is C17H28N2O. The van der Waals surface area contributed by atoms with E-state index < -0.39 is 5.60 Å². The van der Waals surface area contributed by atoms with Gasteiger partial charge in [-0.3, -0.25) is 0 Å². The maximum atomic E-state index is 10.9. The lowest BCUT2D eigenvalue weighted by atomic mass is 9.93. The van der Waals surface area contributed by atoms with Crippen molar-refractivity contribution in [2.75, 3.05) is 26.2 Å². The second-order valence-corrected chi connectivity index (χ2v) is 6.08. The Hall–Kier alpha value is -0.900. The number of rotatable bonds is 5. The lowest BCUT2D eigenvalue weighted by Gasteiger charge is -2.33. The van der Waals surface area contributed by atoms with Crippen molar-refractivity contribution in [3.63, 3.8) is 0 Å². The highest BCUT2D eigenvalue weighted by molar-refractivity contribution is 5.23. The highest BCUT2D eigenvalue weighted by Crippen LogP contribution is 2.25. The number of benzene rings is 1. The second kappa shape index (κ2) is 7.21.